The topological polar surface area (TPSA) is 17.8 Å². The third-order valence-electron chi connectivity index (χ3n) is 3.02. The van der Waals surface area contributed by atoms with Crippen molar-refractivity contribution in [2.45, 2.75) is 30.9 Å². The van der Waals surface area contributed by atoms with Crippen molar-refractivity contribution >= 4 is 68.4 Å². The van der Waals surface area contributed by atoms with Crippen LogP contribution in [0.4, 0.5) is 0 Å². The minimum absolute atomic E-state index is 0. The molecular weight excluding hydrogens is 390 g/mol. The first kappa shape index (κ1) is 27.7. The summed E-state index contributed by atoms with van der Waals surface area (Å²) in [6.07, 6.45) is 6.87. The predicted octanol–water partition coefficient (Wildman–Crippen LogP) is -1.34. The fourth-order valence-electron chi connectivity index (χ4n) is 1.37. The Morgan fingerprint density at radius 3 is 2.39 bits per heavy atom. The Morgan fingerprint density at radius 2 is 1.87 bits per heavy atom. The first-order valence-electron chi connectivity index (χ1n) is 6.91. The van der Waals surface area contributed by atoms with E-state index in [2.05, 4.69) is 23.4 Å². The van der Waals surface area contributed by atoms with Gasteiger partial charge in [-0.1, -0.05) is 41.9 Å². The number of nitrogens with zero attached hydrogens (tertiary/aromatic N) is 2. The molecule has 1 aromatic rings. The van der Waals surface area contributed by atoms with Crippen LogP contribution in [0.5, 0.6) is 0 Å². The van der Waals surface area contributed by atoms with E-state index in [9.17, 15) is 0 Å². The minimum atomic E-state index is 0. The Labute approximate surface area is 192 Å². The standard InChI is InChI=1S/C13H24N2S6.2Li/c1-3-11(2)7-19-20-8-12(6-16)18-9-13(21-17)15-5-4-14-10-15;;/h4-5,10-13,16-17H,3,6-9H2,1-2H3;;/q;2*+1/p-2. The molecule has 23 heavy (non-hydrogen) atoms. The van der Waals surface area contributed by atoms with Crippen LogP contribution in [-0.2, 0) is 24.3 Å². The van der Waals surface area contributed by atoms with Crippen molar-refractivity contribution in [3.8, 4) is 0 Å². The maximum Gasteiger partial charge on any atom is 1.00 e. The SMILES string of the molecule is CCC(C)CSSCC(C[S-])SCC(S[S-])n1ccnc1.[Li+].[Li+]. The second-order valence-corrected chi connectivity index (χ2v) is 10.3. The second kappa shape index (κ2) is 17.9. The molecule has 0 amide bonds. The summed E-state index contributed by atoms with van der Waals surface area (Å²) in [5.41, 5.74) is 0. The van der Waals surface area contributed by atoms with Gasteiger partial charge in [0, 0.05) is 29.7 Å². The first-order chi connectivity index (χ1) is 10.2. The predicted molar refractivity (Wildman–Crippen MR) is 109 cm³/mol. The van der Waals surface area contributed by atoms with Gasteiger partial charge < -0.3 is 39.7 Å². The fraction of sp³-hybridized carbons (Fsp3) is 0.769. The molecule has 1 heterocycles. The summed E-state index contributed by atoms with van der Waals surface area (Å²) in [5, 5.41) is 0.803. The molecule has 122 valence electrons. The van der Waals surface area contributed by atoms with Crippen molar-refractivity contribution < 1.29 is 37.7 Å². The number of imidazole rings is 1. The van der Waals surface area contributed by atoms with Gasteiger partial charge in [-0.2, -0.15) is 17.5 Å². The van der Waals surface area contributed by atoms with Crippen LogP contribution in [0, 0.1) is 5.92 Å². The zero-order chi connectivity index (χ0) is 15.5. The summed E-state index contributed by atoms with van der Waals surface area (Å²) >= 11 is 12.4. The molecule has 1 aromatic heterocycles. The third-order valence-corrected chi connectivity index (χ3v) is 9.39. The normalized spacial score (nSPS) is 14.4. The molecule has 3 unspecified atom stereocenters. The van der Waals surface area contributed by atoms with Crippen molar-refractivity contribution in [1.29, 1.82) is 0 Å². The Hall–Kier alpha value is 2.50. The molecule has 0 aliphatic carbocycles. The summed E-state index contributed by atoms with van der Waals surface area (Å²) in [7, 11) is 5.40. The smallest absolute Gasteiger partial charge is 0.792 e. The molecule has 1 rings (SSSR count). The van der Waals surface area contributed by atoms with Crippen LogP contribution in [-0.4, -0.2) is 37.8 Å². The number of hydrogen-bond acceptors (Lipinski definition) is 7. The molecule has 0 saturated carbocycles. The maximum atomic E-state index is 5.29. The van der Waals surface area contributed by atoms with Crippen molar-refractivity contribution in [2.75, 3.05) is 23.0 Å². The van der Waals surface area contributed by atoms with E-state index in [1.807, 2.05) is 45.9 Å². The number of rotatable bonds is 12. The fourth-order valence-corrected chi connectivity index (χ4v) is 7.66. The van der Waals surface area contributed by atoms with Gasteiger partial charge in [-0.05, 0) is 11.2 Å². The van der Waals surface area contributed by atoms with Gasteiger partial charge in [0.15, 0.2) is 0 Å². The van der Waals surface area contributed by atoms with Crippen LogP contribution in [0.1, 0.15) is 25.6 Å². The van der Waals surface area contributed by atoms with Gasteiger partial charge in [0.2, 0.25) is 0 Å². The summed E-state index contributed by atoms with van der Waals surface area (Å²) < 4.78 is 2.08. The molecule has 0 aliphatic heterocycles. The summed E-state index contributed by atoms with van der Waals surface area (Å²) in [4.78, 5) is 4.09. The molecule has 0 fully saturated rings. The molecule has 3 atom stereocenters. The molecule has 0 saturated heterocycles. The molecule has 2 nitrogen and oxygen atoms in total. The maximum absolute atomic E-state index is 5.29. The van der Waals surface area contributed by atoms with E-state index >= 15 is 0 Å². The average molecular weight is 413 g/mol. The number of hydrogen-bond donors (Lipinski definition) is 0. The van der Waals surface area contributed by atoms with Crippen LogP contribution in [0.25, 0.3) is 0 Å². The van der Waals surface area contributed by atoms with E-state index in [0.29, 0.717) is 5.25 Å². The molecule has 0 N–H and O–H groups in total. The van der Waals surface area contributed by atoms with Crippen LogP contribution in [0.15, 0.2) is 18.7 Å². The van der Waals surface area contributed by atoms with Gasteiger partial charge >= 0.3 is 37.7 Å². The second-order valence-electron chi connectivity index (χ2n) is 4.77. The molecule has 0 spiro atoms. The van der Waals surface area contributed by atoms with E-state index in [4.69, 9.17) is 24.3 Å². The Bertz CT molecular complexity index is 358. The Balaban J connectivity index is 0. The van der Waals surface area contributed by atoms with Crippen molar-refractivity contribution in [3.63, 3.8) is 0 Å². The first-order valence-corrected chi connectivity index (χ1v) is 12.8. The van der Waals surface area contributed by atoms with Gasteiger partial charge in [0.05, 0.1) is 11.7 Å². The third kappa shape index (κ3) is 12.5. The van der Waals surface area contributed by atoms with E-state index in [1.54, 1.807) is 6.20 Å². The van der Waals surface area contributed by atoms with Gasteiger partial charge in [-0.3, -0.25) is 0 Å². The van der Waals surface area contributed by atoms with Crippen LogP contribution >= 0.6 is 44.1 Å². The van der Waals surface area contributed by atoms with Gasteiger partial charge in [-0.15, -0.1) is 0 Å². The van der Waals surface area contributed by atoms with E-state index < -0.39 is 0 Å². The van der Waals surface area contributed by atoms with Crippen molar-refractivity contribution in [1.82, 2.24) is 9.55 Å². The van der Waals surface area contributed by atoms with Crippen LogP contribution in [0.2, 0.25) is 0 Å². The Morgan fingerprint density at radius 1 is 1.17 bits per heavy atom. The Kier molecular flexibility index (Phi) is 21.6. The molecule has 10 heteroatoms. The zero-order valence-electron chi connectivity index (χ0n) is 14.3. The van der Waals surface area contributed by atoms with E-state index in [0.717, 1.165) is 23.2 Å². The minimum Gasteiger partial charge on any atom is -0.792 e. The molecule has 0 aromatic carbocycles. The van der Waals surface area contributed by atoms with Crippen molar-refractivity contribution in [2.24, 2.45) is 5.92 Å². The van der Waals surface area contributed by atoms with Crippen LogP contribution in [0.3, 0.4) is 0 Å². The van der Waals surface area contributed by atoms with Gasteiger partial charge in [0.25, 0.3) is 0 Å². The average Bonchev–Trinajstić information content (AvgIpc) is 3.03. The van der Waals surface area contributed by atoms with E-state index in [-0.39, 0.29) is 43.1 Å². The summed E-state index contributed by atoms with van der Waals surface area (Å²) in [6.45, 7) is 4.56. The number of aromatic nitrogens is 2. The van der Waals surface area contributed by atoms with E-state index in [1.165, 1.54) is 23.0 Å². The summed E-state index contributed by atoms with van der Waals surface area (Å²) in [5.74, 6) is 4.95. The van der Waals surface area contributed by atoms with Crippen molar-refractivity contribution in [3.05, 3.63) is 18.7 Å². The monoisotopic (exact) mass is 412 g/mol. The zero-order valence-corrected chi connectivity index (χ0v) is 19.2. The van der Waals surface area contributed by atoms with Crippen LogP contribution < -0.4 is 37.7 Å². The largest absolute Gasteiger partial charge is 1.00 e. The molecule has 0 bridgehead atoms. The van der Waals surface area contributed by atoms with Gasteiger partial charge in [-0.25, -0.2) is 4.98 Å². The quantitative estimate of drug-likeness (QED) is 0.181. The molecule has 0 aliphatic rings. The summed E-state index contributed by atoms with van der Waals surface area (Å²) in [6, 6.07) is 0. The molecule has 0 radical (unpaired) electrons. The number of thioether (sulfide) groups is 1. The van der Waals surface area contributed by atoms with Gasteiger partial charge in [0.1, 0.15) is 0 Å². The molecular formula is C13H22Li2N2S6.